The van der Waals surface area contributed by atoms with Crippen molar-refractivity contribution in [3.05, 3.63) is 53.1 Å². The predicted molar refractivity (Wildman–Crippen MR) is 155 cm³/mol. The molecule has 1 unspecified atom stereocenters. The minimum absolute atomic E-state index is 0.00393. The Bertz CT molecular complexity index is 1460. The van der Waals surface area contributed by atoms with Gasteiger partial charge >= 0.3 is 5.97 Å². The number of benzene rings is 2. The number of carboxylic acids is 1. The Kier molecular flexibility index (Phi) is 6.66. The molecule has 0 radical (unpaired) electrons. The zero-order valence-electron chi connectivity index (χ0n) is 23.1. The number of nitrogens with zero attached hydrogens (tertiary/aromatic N) is 2. The van der Waals surface area contributed by atoms with Crippen LogP contribution in [0.2, 0.25) is 0 Å². The molecule has 2 aliphatic carbocycles. The highest BCUT2D eigenvalue weighted by Gasteiger charge is 2.69. The number of rotatable bonds is 6. The van der Waals surface area contributed by atoms with E-state index in [1.165, 1.54) is 43.4 Å². The van der Waals surface area contributed by atoms with Crippen LogP contribution in [0.4, 0.5) is 0 Å². The van der Waals surface area contributed by atoms with Crippen molar-refractivity contribution < 1.29 is 19.4 Å². The fourth-order valence-electron chi connectivity index (χ4n) is 7.36. The summed E-state index contributed by atoms with van der Waals surface area (Å²) in [5.41, 5.74) is 5.27. The van der Waals surface area contributed by atoms with Gasteiger partial charge in [0.2, 0.25) is 0 Å². The average Bonchev–Trinajstić information content (AvgIpc) is 3.55. The van der Waals surface area contributed by atoms with Crippen LogP contribution < -0.4 is 9.46 Å². The normalized spacial score (nSPS) is 24.3. The van der Waals surface area contributed by atoms with E-state index in [0.29, 0.717) is 18.0 Å². The van der Waals surface area contributed by atoms with Gasteiger partial charge in [0.1, 0.15) is 5.75 Å². The Hall–Kier alpha value is -2.97. The Morgan fingerprint density at radius 2 is 1.85 bits per heavy atom. The van der Waals surface area contributed by atoms with Crippen molar-refractivity contribution in [1.29, 1.82) is 0 Å². The molecule has 3 atom stereocenters. The first kappa shape index (κ1) is 26.3. The number of aromatic nitrogens is 1. The first-order valence-corrected chi connectivity index (χ1v) is 14.8. The van der Waals surface area contributed by atoms with Crippen molar-refractivity contribution in [3.8, 4) is 17.0 Å². The molecule has 206 valence electrons. The number of hydrogen-bond acceptors (Lipinski definition) is 5. The third-order valence-corrected chi connectivity index (χ3v) is 10.0. The quantitative estimate of drug-likeness (QED) is 0.273. The van der Waals surface area contributed by atoms with E-state index in [2.05, 4.69) is 34.4 Å². The molecule has 6 rings (SSSR count). The minimum Gasteiger partial charge on any atom is -0.497 e. The highest BCUT2D eigenvalue weighted by Crippen LogP contribution is 2.69. The van der Waals surface area contributed by atoms with Gasteiger partial charge in [0.25, 0.3) is 5.91 Å². The Morgan fingerprint density at radius 1 is 1.10 bits per heavy atom. The van der Waals surface area contributed by atoms with Crippen LogP contribution in [0, 0.1) is 11.3 Å². The van der Waals surface area contributed by atoms with E-state index in [1.54, 1.807) is 7.11 Å². The molecule has 2 N–H and O–H groups in total. The van der Waals surface area contributed by atoms with E-state index in [4.69, 9.17) is 4.74 Å². The van der Waals surface area contributed by atoms with Gasteiger partial charge < -0.3 is 14.4 Å². The maximum atomic E-state index is 13.1. The topological polar surface area (TPSA) is 83.8 Å². The van der Waals surface area contributed by atoms with Crippen molar-refractivity contribution in [2.24, 2.45) is 11.3 Å². The monoisotopic (exact) mass is 547 g/mol. The second-order valence-corrected chi connectivity index (χ2v) is 12.8. The summed E-state index contributed by atoms with van der Waals surface area (Å²) < 4.78 is 12.6. The average molecular weight is 548 g/mol. The SMILES string of the molecule is COc1ccc2c(c1)C1[C@H](C)[C@]1(C(=O)O)Cn1c-2c(C2CCCCCC2)c2ccc(C(=O)NSN(C)C)cc21. The summed E-state index contributed by atoms with van der Waals surface area (Å²) in [6, 6.07) is 12.2. The van der Waals surface area contributed by atoms with E-state index in [0.717, 1.165) is 46.3 Å². The van der Waals surface area contributed by atoms with Crippen LogP contribution in [-0.4, -0.2) is 47.1 Å². The smallest absolute Gasteiger partial charge is 0.312 e. The molecular weight excluding hydrogens is 510 g/mol. The van der Waals surface area contributed by atoms with Crippen LogP contribution in [0.15, 0.2) is 36.4 Å². The lowest BCUT2D eigenvalue weighted by Crippen LogP contribution is -2.24. The fraction of sp³-hybridized carbons (Fsp3) is 0.484. The van der Waals surface area contributed by atoms with Crippen molar-refractivity contribution in [2.45, 2.75) is 63.8 Å². The second kappa shape index (κ2) is 9.89. The number of amides is 1. The fourth-order valence-corrected chi connectivity index (χ4v) is 7.75. The number of carboxylic acid groups (broad SMARTS) is 1. The molecule has 1 aromatic heterocycles. The van der Waals surface area contributed by atoms with Crippen LogP contribution in [0.1, 0.15) is 78.8 Å². The largest absolute Gasteiger partial charge is 0.497 e. The molecule has 2 aromatic carbocycles. The molecule has 0 saturated heterocycles. The molecule has 8 heteroatoms. The van der Waals surface area contributed by atoms with E-state index >= 15 is 0 Å². The molecule has 2 fully saturated rings. The minimum atomic E-state index is -0.891. The van der Waals surface area contributed by atoms with Gasteiger partial charge in [0.05, 0.1) is 18.2 Å². The molecule has 2 saturated carbocycles. The van der Waals surface area contributed by atoms with Crippen molar-refractivity contribution >= 4 is 34.9 Å². The van der Waals surface area contributed by atoms with Crippen LogP contribution in [0.5, 0.6) is 5.75 Å². The van der Waals surface area contributed by atoms with Crippen molar-refractivity contribution in [1.82, 2.24) is 13.6 Å². The Labute approximate surface area is 234 Å². The lowest BCUT2D eigenvalue weighted by Gasteiger charge is -2.20. The molecule has 1 aliphatic heterocycles. The zero-order chi connectivity index (χ0) is 27.5. The molecule has 1 amide bonds. The van der Waals surface area contributed by atoms with Gasteiger partial charge in [-0.2, -0.15) is 0 Å². The second-order valence-electron chi connectivity index (χ2n) is 11.7. The number of carbonyl (C=O) groups excluding carboxylic acids is 1. The van der Waals surface area contributed by atoms with Gasteiger partial charge in [-0.15, -0.1) is 0 Å². The predicted octanol–water partition coefficient (Wildman–Crippen LogP) is 6.43. The van der Waals surface area contributed by atoms with E-state index in [1.807, 2.05) is 36.6 Å². The number of aliphatic carboxylic acids is 1. The van der Waals surface area contributed by atoms with Gasteiger partial charge in [-0.1, -0.05) is 38.7 Å². The third-order valence-electron chi connectivity index (χ3n) is 9.38. The number of fused-ring (bicyclic) bond motifs is 7. The van der Waals surface area contributed by atoms with Gasteiger partial charge in [-0.05, 0) is 80.2 Å². The van der Waals surface area contributed by atoms with Gasteiger partial charge in [-0.25, -0.2) is 4.31 Å². The molecule has 7 nitrogen and oxygen atoms in total. The molecule has 3 aliphatic rings. The van der Waals surface area contributed by atoms with Gasteiger partial charge in [0.15, 0.2) is 0 Å². The molecule has 39 heavy (non-hydrogen) atoms. The first-order chi connectivity index (χ1) is 18.8. The summed E-state index contributed by atoms with van der Waals surface area (Å²) in [7, 11) is 5.42. The van der Waals surface area contributed by atoms with Crippen LogP contribution in [0.25, 0.3) is 22.2 Å². The van der Waals surface area contributed by atoms with E-state index in [-0.39, 0.29) is 17.7 Å². The van der Waals surface area contributed by atoms with Crippen molar-refractivity contribution in [2.75, 3.05) is 21.2 Å². The Balaban J connectivity index is 1.62. The van der Waals surface area contributed by atoms with E-state index < -0.39 is 11.4 Å². The van der Waals surface area contributed by atoms with Crippen LogP contribution in [0.3, 0.4) is 0 Å². The molecule has 0 bridgehead atoms. The highest BCUT2D eigenvalue weighted by atomic mass is 32.2. The Morgan fingerprint density at radius 3 is 2.51 bits per heavy atom. The lowest BCUT2D eigenvalue weighted by atomic mass is 9.86. The lowest BCUT2D eigenvalue weighted by molar-refractivity contribution is -0.144. The molecule has 2 heterocycles. The summed E-state index contributed by atoms with van der Waals surface area (Å²) in [4.78, 5) is 26.0. The maximum Gasteiger partial charge on any atom is 0.312 e. The summed E-state index contributed by atoms with van der Waals surface area (Å²) in [5, 5.41) is 11.8. The van der Waals surface area contributed by atoms with Crippen molar-refractivity contribution in [3.63, 3.8) is 0 Å². The summed E-state index contributed by atoms with van der Waals surface area (Å²) in [6.45, 7) is 2.45. The maximum absolute atomic E-state index is 13.1. The van der Waals surface area contributed by atoms with Gasteiger partial charge in [0, 0.05) is 46.6 Å². The molecule has 3 aromatic rings. The van der Waals surface area contributed by atoms with Crippen LogP contribution >= 0.6 is 12.1 Å². The number of nitrogens with one attached hydrogen (secondary N) is 1. The number of ether oxygens (including phenoxy) is 1. The number of hydrogen-bond donors (Lipinski definition) is 2. The first-order valence-electron chi connectivity index (χ1n) is 14.0. The molecular formula is C31H37N3O4S. The van der Waals surface area contributed by atoms with Gasteiger partial charge in [-0.3, -0.25) is 14.3 Å². The van der Waals surface area contributed by atoms with Crippen LogP contribution in [-0.2, 0) is 11.3 Å². The number of methoxy groups -OCH3 is 1. The third kappa shape index (κ3) is 4.14. The molecule has 0 spiro atoms. The summed E-state index contributed by atoms with van der Waals surface area (Å²) in [5.74, 6) is 0.154. The highest BCUT2D eigenvalue weighted by molar-refractivity contribution is 7.95. The summed E-state index contributed by atoms with van der Waals surface area (Å²) in [6.07, 6.45) is 7.18. The number of carbonyl (C=O) groups is 2. The van der Waals surface area contributed by atoms with E-state index in [9.17, 15) is 14.7 Å². The summed E-state index contributed by atoms with van der Waals surface area (Å²) >= 11 is 1.24. The standard InChI is InChI=1S/C31H37N3O4S/c1-18-27-24-16-21(38-4)12-14-22(24)28-26(19-9-7-5-6-8-10-19)23-13-11-20(29(35)32-39-33(2)3)15-25(23)34(28)17-31(18,27)30(36)37/h11-16,18-19,27H,5-10,17H2,1-4H3,(H,32,35)(H,36,37)/t18-,27?,31+/m0/s1. The zero-order valence-corrected chi connectivity index (χ0v) is 23.9.